The molecule has 0 aromatic heterocycles. The maximum Gasteiger partial charge on any atom is 0.249 e. The third-order valence-corrected chi connectivity index (χ3v) is 8.41. The fourth-order valence-electron chi connectivity index (χ4n) is 6.36. The summed E-state index contributed by atoms with van der Waals surface area (Å²) < 4.78 is 6.61. The fourth-order valence-corrected chi connectivity index (χ4v) is 6.36. The number of fused-ring (bicyclic) bond motifs is 2. The molecule has 34 heavy (non-hydrogen) atoms. The number of ether oxygens (including phenoxy) is 1. The van der Waals surface area contributed by atoms with E-state index in [-0.39, 0.29) is 36.3 Å². The summed E-state index contributed by atoms with van der Waals surface area (Å²) in [4.78, 5) is 46.8. The van der Waals surface area contributed by atoms with Crippen LogP contribution in [0.4, 0.5) is 0 Å². The van der Waals surface area contributed by atoms with Gasteiger partial charge in [0.05, 0.1) is 30.6 Å². The van der Waals surface area contributed by atoms with E-state index < -0.39 is 35.6 Å². The molecule has 2 unspecified atom stereocenters. The summed E-state index contributed by atoms with van der Waals surface area (Å²) in [5, 5.41) is 10.4. The average molecular weight is 474 g/mol. The van der Waals surface area contributed by atoms with Crippen molar-refractivity contribution in [1.29, 1.82) is 0 Å². The zero-order chi connectivity index (χ0) is 24.8. The highest BCUT2D eigenvalue weighted by Gasteiger charge is 2.72. The number of nitrogens with zero attached hydrogens (tertiary/aromatic N) is 3. The number of rotatable bonds is 7. The van der Waals surface area contributed by atoms with Crippen molar-refractivity contribution in [1.82, 2.24) is 14.7 Å². The minimum absolute atomic E-state index is 0.00372. The van der Waals surface area contributed by atoms with Gasteiger partial charge in [0.25, 0.3) is 0 Å². The summed E-state index contributed by atoms with van der Waals surface area (Å²) in [6.45, 7) is 8.76. The zero-order valence-corrected chi connectivity index (χ0v) is 21.0. The minimum atomic E-state index is -1.23. The largest absolute Gasteiger partial charge is 0.394 e. The van der Waals surface area contributed by atoms with Crippen molar-refractivity contribution in [3.05, 3.63) is 24.3 Å². The minimum Gasteiger partial charge on any atom is -0.394 e. The van der Waals surface area contributed by atoms with Crippen LogP contribution in [-0.2, 0) is 19.1 Å². The molecule has 0 bridgehead atoms. The van der Waals surface area contributed by atoms with Crippen LogP contribution in [0.25, 0.3) is 0 Å². The Morgan fingerprint density at radius 1 is 1.12 bits per heavy atom. The number of aliphatic hydroxyl groups is 1. The van der Waals surface area contributed by atoms with Crippen molar-refractivity contribution >= 4 is 17.7 Å². The molecule has 8 atom stereocenters. The fraction of sp³-hybridized carbons (Fsp3) is 0.731. The van der Waals surface area contributed by atoms with E-state index in [0.717, 1.165) is 19.3 Å². The van der Waals surface area contributed by atoms with Gasteiger partial charge in [-0.2, -0.15) is 0 Å². The number of aliphatic hydroxyl groups excluding tert-OH is 1. The Bertz CT molecular complexity index is 888. The van der Waals surface area contributed by atoms with E-state index in [4.69, 9.17) is 4.74 Å². The van der Waals surface area contributed by atoms with Gasteiger partial charge >= 0.3 is 0 Å². The molecular weight excluding hydrogens is 434 g/mol. The van der Waals surface area contributed by atoms with E-state index in [0.29, 0.717) is 13.1 Å². The Balaban J connectivity index is 1.86. The quantitative estimate of drug-likeness (QED) is 0.567. The van der Waals surface area contributed by atoms with Crippen LogP contribution < -0.4 is 0 Å². The van der Waals surface area contributed by atoms with Crippen LogP contribution in [0.1, 0.15) is 47.0 Å². The van der Waals surface area contributed by atoms with Gasteiger partial charge in [-0.15, -0.1) is 0 Å². The highest BCUT2D eigenvalue weighted by Crippen LogP contribution is 2.54. The van der Waals surface area contributed by atoms with E-state index in [1.165, 1.54) is 0 Å². The Morgan fingerprint density at radius 3 is 2.50 bits per heavy atom. The zero-order valence-electron chi connectivity index (χ0n) is 21.0. The topological polar surface area (TPSA) is 90.4 Å². The van der Waals surface area contributed by atoms with Crippen molar-refractivity contribution in [2.75, 3.05) is 26.7 Å². The van der Waals surface area contributed by atoms with Crippen LogP contribution in [0.15, 0.2) is 24.3 Å². The van der Waals surface area contributed by atoms with Crippen molar-refractivity contribution < 1.29 is 24.2 Å². The Morgan fingerprint density at radius 2 is 1.85 bits per heavy atom. The molecule has 2 saturated heterocycles. The number of carbonyl (C=O) groups is 3. The monoisotopic (exact) mass is 473 g/mol. The van der Waals surface area contributed by atoms with Gasteiger partial charge in [0, 0.05) is 26.2 Å². The molecule has 0 aromatic rings. The standard InChI is InChI=1S/C26H39N3O5/c1-6-10-17(4)28-14-9-12-26-21(20-19(34-26)11-8-13-27(5)23(20)31)24(32)29(22(26)25(28)33)18(15-30)16(3)7-2/h8-9,11-12,16-22,30H,6-7,10,13-15H2,1-5H3/t16-,17?,18-,19-,20+,21-,22?,26-/m0/s1. The predicted octanol–water partition coefficient (Wildman–Crippen LogP) is 1.59. The molecule has 1 N–H and O–H groups in total. The lowest BCUT2D eigenvalue weighted by Crippen LogP contribution is -2.60. The molecule has 3 amide bonds. The van der Waals surface area contributed by atoms with Crippen LogP contribution in [0.5, 0.6) is 0 Å². The Hall–Kier alpha value is -2.19. The first-order valence-electron chi connectivity index (χ1n) is 12.7. The lowest BCUT2D eigenvalue weighted by atomic mass is 9.77. The molecule has 4 aliphatic heterocycles. The molecule has 1 spiro atoms. The van der Waals surface area contributed by atoms with E-state index in [1.807, 2.05) is 50.0 Å². The summed E-state index contributed by atoms with van der Waals surface area (Å²) in [5.74, 6) is -2.09. The molecule has 4 rings (SSSR count). The smallest absolute Gasteiger partial charge is 0.249 e. The molecule has 0 radical (unpaired) electrons. The van der Waals surface area contributed by atoms with Gasteiger partial charge in [-0.05, 0) is 19.3 Å². The van der Waals surface area contributed by atoms with Crippen LogP contribution in [0.3, 0.4) is 0 Å². The van der Waals surface area contributed by atoms with Gasteiger partial charge in [-0.25, -0.2) is 0 Å². The first-order chi connectivity index (χ1) is 16.2. The highest BCUT2D eigenvalue weighted by atomic mass is 16.5. The van der Waals surface area contributed by atoms with Crippen molar-refractivity contribution in [3.8, 4) is 0 Å². The Labute approximate surface area is 202 Å². The van der Waals surface area contributed by atoms with Gasteiger partial charge in [0.2, 0.25) is 17.7 Å². The van der Waals surface area contributed by atoms with Gasteiger partial charge in [-0.3, -0.25) is 14.4 Å². The van der Waals surface area contributed by atoms with Gasteiger partial charge in [-0.1, -0.05) is 57.9 Å². The number of hydrogen-bond acceptors (Lipinski definition) is 5. The summed E-state index contributed by atoms with van der Waals surface area (Å²) in [6, 6.07) is -1.43. The van der Waals surface area contributed by atoms with Crippen molar-refractivity contribution in [2.45, 2.75) is 76.8 Å². The summed E-state index contributed by atoms with van der Waals surface area (Å²) in [7, 11) is 1.73. The number of likely N-dealkylation sites (N-methyl/N-ethyl adjacent to an activating group) is 1. The summed E-state index contributed by atoms with van der Waals surface area (Å²) in [5.41, 5.74) is -1.23. The molecule has 0 aliphatic carbocycles. The number of likely N-dealkylation sites (tertiary alicyclic amines) is 1. The normalized spacial score (nSPS) is 35.6. The summed E-state index contributed by atoms with van der Waals surface area (Å²) >= 11 is 0. The molecule has 4 aliphatic rings. The van der Waals surface area contributed by atoms with Crippen molar-refractivity contribution in [2.24, 2.45) is 17.8 Å². The number of amides is 3. The molecule has 8 nitrogen and oxygen atoms in total. The van der Waals surface area contributed by atoms with Crippen LogP contribution >= 0.6 is 0 Å². The third kappa shape index (κ3) is 3.61. The average Bonchev–Trinajstić information content (AvgIpc) is 3.13. The van der Waals surface area contributed by atoms with E-state index in [9.17, 15) is 19.5 Å². The molecule has 8 heteroatoms. The van der Waals surface area contributed by atoms with E-state index in [1.54, 1.807) is 16.8 Å². The van der Waals surface area contributed by atoms with Crippen LogP contribution in [0, 0.1) is 17.8 Å². The summed E-state index contributed by atoms with van der Waals surface area (Å²) in [6.07, 6.45) is 9.53. The van der Waals surface area contributed by atoms with E-state index >= 15 is 0 Å². The maximum absolute atomic E-state index is 14.2. The van der Waals surface area contributed by atoms with Gasteiger partial charge < -0.3 is 24.5 Å². The molecule has 0 saturated carbocycles. The highest BCUT2D eigenvalue weighted by molar-refractivity contribution is 6.00. The Kier molecular flexibility index (Phi) is 6.93. The molecular formula is C26H39N3O5. The predicted molar refractivity (Wildman–Crippen MR) is 128 cm³/mol. The first-order valence-corrected chi connectivity index (χ1v) is 12.7. The number of hydrogen-bond donors (Lipinski definition) is 1. The molecule has 0 aromatic carbocycles. The SMILES string of the molecule is CCCC(C)N1CC=C[C@]23O[C@H]4C=CCN(C)C(=O)[C@H]4[C@H]2C(=O)N([C@@H](CO)[C@@H](C)CC)C3C1=O. The van der Waals surface area contributed by atoms with Gasteiger partial charge in [0.15, 0.2) is 0 Å². The third-order valence-electron chi connectivity index (χ3n) is 8.41. The van der Waals surface area contributed by atoms with Crippen LogP contribution in [-0.4, -0.2) is 94.1 Å². The van der Waals surface area contributed by atoms with Crippen LogP contribution in [0.2, 0.25) is 0 Å². The molecule has 4 heterocycles. The second-order valence-electron chi connectivity index (χ2n) is 10.4. The first kappa shape index (κ1) is 24.9. The second-order valence-corrected chi connectivity index (χ2v) is 10.4. The van der Waals surface area contributed by atoms with Gasteiger partial charge in [0.1, 0.15) is 11.6 Å². The number of carbonyl (C=O) groups excluding carboxylic acids is 3. The van der Waals surface area contributed by atoms with E-state index in [2.05, 4.69) is 6.92 Å². The molecule has 188 valence electrons. The van der Waals surface area contributed by atoms with Crippen molar-refractivity contribution in [3.63, 3.8) is 0 Å². The second kappa shape index (κ2) is 9.46. The lowest BCUT2D eigenvalue weighted by Gasteiger charge is -2.41. The molecule has 2 fully saturated rings. The maximum atomic E-state index is 14.2. The lowest BCUT2D eigenvalue weighted by molar-refractivity contribution is -0.153.